The number of benzene rings is 1. The highest BCUT2D eigenvalue weighted by molar-refractivity contribution is 6.06. The molecular weight excluding hydrogens is 311 g/mol. The van der Waals surface area contributed by atoms with Crippen LogP contribution in [0.3, 0.4) is 0 Å². The Hall–Kier alpha value is -3.09. The predicted octanol–water partition coefficient (Wildman–Crippen LogP) is 2.40. The number of nitrogens with one attached hydrogen (secondary N) is 2. The van der Waals surface area contributed by atoms with E-state index in [1.807, 2.05) is 13.0 Å². The number of pyridine rings is 1. The van der Waals surface area contributed by atoms with Gasteiger partial charge in [-0.1, -0.05) is 12.1 Å². The van der Waals surface area contributed by atoms with E-state index in [0.29, 0.717) is 18.5 Å². The van der Waals surface area contributed by atoms with Crippen molar-refractivity contribution < 1.29 is 14.0 Å². The third kappa shape index (κ3) is 3.45. The van der Waals surface area contributed by atoms with Crippen LogP contribution in [-0.2, 0) is 4.79 Å². The van der Waals surface area contributed by atoms with E-state index in [-0.39, 0.29) is 11.6 Å². The number of hydrazone groups is 1. The van der Waals surface area contributed by atoms with E-state index in [1.54, 1.807) is 12.1 Å². The quantitative estimate of drug-likeness (QED) is 0.850. The van der Waals surface area contributed by atoms with Gasteiger partial charge in [-0.25, -0.2) is 10.4 Å². The van der Waals surface area contributed by atoms with Gasteiger partial charge in [-0.15, -0.1) is 0 Å². The summed E-state index contributed by atoms with van der Waals surface area (Å²) in [6.07, 6.45) is 0.980. The van der Waals surface area contributed by atoms with E-state index in [1.165, 1.54) is 18.2 Å². The van der Waals surface area contributed by atoms with E-state index in [9.17, 15) is 14.0 Å². The number of halogens is 1. The lowest BCUT2D eigenvalue weighted by Gasteiger charge is -2.15. The zero-order valence-corrected chi connectivity index (χ0v) is 13.0. The summed E-state index contributed by atoms with van der Waals surface area (Å²) >= 11 is 0. The van der Waals surface area contributed by atoms with Crippen LogP contribution in [0.1, 0.15) is 34.5 Å². The van der Waals surface area contributed by atoms with Gasteiger partial charge < -0.3 is 5.32 Å². The summed E-state index contributed by atoms with van der Waals surface area (Å²) in [5, 5.41) is 6.75. The molecule has 24 heavy (non-hydrogen) atoms. The highest BCUT2D eigenvalue weighted by Gasteiger charge is 2.16. The third-order valence-electron chi connectivity index (χ3n) is 3.65. The Kier molecular flexibility index (Phi) is 4.33. The average Bonchev–Trinajstić information content (AvgIpc) is 2.56. The minimum absolute atomic E-state index is 0.0103. The van der Waals surface area contributed by atoms with E-state index >= 15 is 0 Å². The number of aromatic nitrogens is 1. The van der Waals surface area contributed by atoms with Crippen molar-refractivity contribution in [2.45, 2.75) is 19.8 Å². The molecule has 0 saturated carbocycles. The number of carbonyl (C=O) groups excluding carboxylic acids is 2. The Bertz CT molecular complexity index is 848. The van der Waals surface area contributed by atoms with Crippen LogP contribution < -0.4 is 10.7 Å². The van der Waals surface area contributed by atoms with Gasteiger partial charge >= 0.3 is 0 Å². The Morgan fingerprint density at radius 2 is 2.08 bits per heavy atom. The van der Waals surface area contributed by atoms with Gasteiger partial charge in [0.05, 0.1) is 5.71 Å². The third-order valence-corrected chi connectivity index (χ3v) is 3.65. The van der Waals surface area contributed by atoms with Crippen molar-refractivity contribution in [2.75, 3.05) is 5.32 Å². The van der Waals surface area contributed by atoms with Crippen LogP contribution in [0, 0.1) is 12.9 Å². The second kappa shape index (κ2) is 6.57. The fraction of sp³-hybridized carbons (Fsp3) is 0.176. The molecule has 0 unspecified atom stereocenters. The summed E-state index contributed by atoms with van der Waals surface area (Å²) in [6.45, 7) is 1.89. The largest absolute Gasteiger partial charge is 0.321 e. The molecule has 0 aliphatic carbocycles. The summed E-state index contributed by atoms with van der Waals surface area (Å²) in [6, 6.07) is 9.42. The molecule has 1 aliphatic rings. The maximum atomic E-state index is 13.1. The van der Waals surface area contributed by atoms with Crippen LogP contribution in [-0.4, -0.2) is 22.5 Å². The lowest BCUT2D eigenvalue weighted by Crippen LogP contribution is -2.26. The number of hydrogen-bond donors (Lipinski definition) is 2. The summed E-state index contributed by atoms with van der Waals surface area (Å²) in [7, 11) is 0. The van der Waals surface area contributed by atoms with Gasteiger partial charge in [-0.05, 0) is 36.8 Å². The highest BCUT2D eigenvalue weighted by atomic mass is 19.1. The van der Waals surface area contributed by atoms with Crippen LogP contribution in [0.25, 0.3) is 0 Å². The molecule has 1 aromatic carbocycles. The van der Waals surface area contributed by atoms with Crippen molar-refractivity contribution >= 4 is 23.2 Å². The number of amides is 2. The van der Waals surface area contributed by atoms with E-state index in [0.717, 1.165) is 16.8 Å². The predicted molar refractivity (Wildman–Crippen MR) is 87.2 cm³/mol. The van der Waals surface area contributed by atoms with E-state index < -0.39 is 11.9 Å². The van der Waals surface area contributed by atoms with E-state index in [2.05, 4.69) is 20.8 Å². The zero-order chi connectivity index (χ0) is 17.1. The van der Waals surface area contributed by atoms with Crippen molar-refractivity contribution in [3.05, 3.63) is 59.2 Å². The summed E-state index contributed by atoms with van der Waals surface area (Å²) < 4.78 is 13.1. The van der Waals surface area contributed by atoms with Gasteiger partial charge in [0.25, 0.3) is 5.91 Å². The SMILES string of the molecule is Cc1cc(NC(=O)c2cccc(F)n2)ccc1C1=NNC(=O)CC1. The first-order valence-corrected chi connectivity index (χ1v) is 7.43. The molecule has 1 aromatic heterocycles. The molecule has 0 fully saturated rings. The minimum Gasteiger partial charge on any atom is -0.321 e. The molecule has 1 aliphatic heterocycles. The van der Waals surface area contributed by atoms with Gasteiger partial charge in [0.2, 0.25) is 11.9 Å². The van der Waals surface area contributed by atoms with Crippen molar-refractivity contribution in [3.8, 4) is 0 Å². The van der Waals surface area contributed by atoms with Crippen LogP contribution in [0.15, 0.2) is 41.5 Å². The maximum Gasteiger partial charge on any atom is 0.274 e. The van der Waals surface area contributed by atoms with Gasteiger partial charge in [0.15, 0.2) is 0 Å². The summed E-state index contributed by atoms with van der Waals surface area (Å²) in [5.74, 6) is -1.28. The average molecular weight is 326 g/mol. The summed E-state index contributed by atoms with van der Waals surface area (Å²) in [4.78, 5) is 26.8. The first-order chi connectivity index (χ1) is 11.5. The molecule has 7 heteroatoms. The zero-order valence-electron chi connectivity index (χ0n) is 13.0. The minimum atomic E-state index is -0.702. The van der Waals surface area contributed by atoms with Crippen LogP contribution >= 0.6 is 0 Å². The number of aryl methyl sites for hydroxylation is 1. The van der Waals surface area contributed by atoms with Gasteiger partial charge in [0.1, 0.15) is 5.69 Å². The van der Waals surface area contributed by atoms with Gasteiger partial charge in [-0.2, -0.15) is 9.49 Å². The number of rotatable bonds is 3. The normalized spacial score (nSPS) is 13.9. The second-order valence-electron chi connectivity index (χ2n) is 5.42. The number of hydrogen-bond acceptors (Lipinski definition) is 4. The lowest BCUT2D eigenvalue weighted by atomic mass is 9.99. The van der Waals surface area contributed by atoms with Crippen LogP contribution in [0.2, 0.25) is 0 Å². The topological polar surface area (TPSA) is 83.4 Å². The Morgan fingerprint density at radius 3 is 2.75 bits per heavy atom. The molecule has 2 N–H and O–H groups in total. The molecule has 3 rings (SSSR count). The molecule has 2 aromatic rings. The van der Waals surface area contributed by atoms with Crippen LogP contribution in [0.5, 0.6) is 0 Å². The first-order valence-electron chi connectivity index (χ1n) is 7.43. The standard InChI is InChI=1S/C17H15FN4O2/c1-10-9-11(19-17(24)14-3-2-4-15(18)20-14)5-6-12(10)13-7-8-16(23)22-21-13/h2-6,9H,7-8H2,1H3,(H,19,24)(H,22,23). The Balaban J connectivity index is 1.77. The fourth-order valence-corrected chi connectivity index (χ4v) is 2.46. The van der Waals surface area contributed by atoms with Gasteiger partial charge in [-0.3, -0.25) is 9.59 Å². The second-order valence-corrected chi connectivity index (χ2v) is 5.42. The molecule has 0 radical (unpaired) electrons. The van der Waals surface area contributed by atoms with Crippen molar-refractivity contribution in [2.24, 2.45) is 5.10 Å². The molecule has 0 bridgehead atoms. The van der Waals surface area contributed by atoms with Gasteiger partial charge in [0, 0.05) is 24.1 Å². The fourth-order valence-electron chi connectivity index (χ4n) is 2.46. The Morgan fingerprint density at radius 1 is 1.25 bits per heavy atom. The molecule has 6 nitrogen and oxygen atoms in total. The molecular formula is C17H15FN4O2. The monoisotopic (exact) mass is 326 g/mol. The molecule has 0 atom stereocenters. The number of nitrogens with zero attached hydrogens (tertiary/aromatic N) is 2. The Labute approximate surface area is 137 Å². The van der Waals surface area contributed by atoms with Crippen molar-refractivity contribution in [1.29, 1.82) is 0 Å². The molecule has 122 valence electrons. The molecule has 2 heterocycles. The first kappa shape index (κ1) is 15.8. The molecule has 0 spiro atoms. The highest BCUT2D eigenvalue weighted by Crippen LogP contribution is 2.19. The number of anilines is 1. The molecule has 2 amide bonds. The molecule has 0 saturated heterocycles. The number of carbonyl (C=O) groups is 2. The summed E-state index contributed by atoms with van der Waals surface area (Å²) in [5.41, 5.74) is 5.68. The maximum absolute atomic E-state index is 13.1. The van der Waals surface area contributed by atoms with Crippen molar-refractivity contribution in [1.82, 2.24) is 10.4 Å². The van der Waals surface area contributed by atoms with E-state index in [4.69, 9.17) is 0 Å². The lowest BCUT2D eigenvalue weighted by molar-refractivity contribution is -0.121. The van der Waals surface area contributed by atoms with Crippen molar-refractivity contribution in [3.63, 3.8) is 0 Å². The van der Waals surface area contributed by atoms with Crippen LogP contribution in [0.4, 0.5) is 10.1 Å². The smallest absolute Gasteiger partial charge is 0.274 e.